The summed E-state index contributed by atoms with van der Waals surface area (Å²) in [5.41, 5.74) is 5.53. The first-order valence-corrected chi connectivity index (χ1v) is 5.95. The summed E-state index contributed by atoms with van der Waals surface area (Å²) in [6.07, 6.45) is 0.681. The zero-order chi connectivity index (χ0) is 12.0. The van der Waals surface area contributed by atoms with Crippen LogP contribution in [0.5, 0.6) is 6.01 Å². The molecule has 1 aromatic rings. The van der Waals surface area contributed by atoms with Crippen molar-refractivity contribution in [1.82, 2.24) is 15.0 Å². The molecule has 3 N–H and O–H groups in total. The van der Waals surface area contributed by atoms with Gasteiger partial charge < -0.3 is 15.6 Å². The van der Waals surface area contributed by atoms with E-state index in [0.29, 0.717) is 18.2 Å². The molecule has 1 unspecified atom stereocenters. The van der Waals surface area contributed by atoms with E-state index in [1.807, 2.05) is 13.8 Å². The Morgan fingerprint density at radius 1 is 1.44 bits per heavy atom. The van der Waals surface area contributed by atoms with Gasteiger partial charge in [-0.3, -0.25) is 0 Å². The third-order valence-electron chi connectivity index (χ3n) is 1.73. The molecule has 0 fully saturated rings. The number of nitrogens with two attached hydrogens (primary N) is 1. The monoisotopic (exact) mass is 244 g/mol. The van der Waals surface area contributed by atoms with Crippen molar-refractivity contribution in [2.24, 2.45) is 0 Å². The van der Waals surface area contributed by atoms with Crippen LogP contribution in [0.2, 0.25) is 0 Å². The molecule has 0 aromatic carbocycles. The third kappa shape index (κ3) is 4.19. The van der Waals surface area contributed by atoms with Crippen LogP contribution in [0.15, 0.2) is 5.16 Å². The van der Waals surface area contributed by atoms with Crippen LogP contribution in [0, 0.1) is 0 Å². The summed E-state index contributed by atoms with van der Waals surface area (Å²) >= 11 is 1.44. The van der Waals surface area contributed by atoms with Gasteiger partial charge in [-0.15, -0.1) is 0 Å². The molecule has 1 heterocycles. The van der Waals surface area contributed by atoms with Crippen molar-refractivity contribution in [3.63, 3.8) is 0 Å². The second kappa shape index (κ2) is 6.49. The van der Waals surface area contributed by atoms with Crippen LogP contribution in [0.25, 0.3) is 0 Å². The SMILES string of the molecule is CCOc1nc(N)nc(SC(C)CCO)n1. The maximum absolute atomic E-state index is 8.79. The lowest BCUT2D eigenvalue weighted by molar-refractivity contribution is 0.288. The average Bonchev–Trinajstić information content (AvgIpc) is 2.17. The summed E-state index contributed by atoms with van der Waals surface area (Å²) in [6.45, 7) is 4.47. The number of anilines is 1. The molecule has 0 bridgehead atoms. The van der Waals surface area contributed by atoms with Crippen molar-refractivity contribution < 1.29 is 9.84 Å². The maximum Gasteiger partial charge on any atom is 0.322 e. The van der Waals surface area contributed by atoms with E-state index in [2.05, 4.69) is 15.0 Å². The molecule has 0 saturated heterocycles. The van der Waals surface area contributed by atoms with E-state index in [0.717, 1.165) is 0 Å². The second-order valence-electron chi connectivity index (χ2n) is 3.13. The highest BCUT2D eigenvalue weighted by Gasteiger charge is 2.10. The number of rotatable bonds is 6. The number of hydrogen-bond donors (Lipinski definition) is 2. The Hall–Kier alpha value is -1.08. The lowest BCUT2D eigenvalue weighted by Crippen LogP contribution is -2.06. The van der Waals surface area contributed by atoms with E-state index < -0.39 is 0 Å². The molecule has 1 rings (SSSR count). The number of nitrogen functional groups attached to an aromatic ring is 1. The Balaban J connectivity index is 2.71. The molecule has 0 saturated carbocycles. The van der Waals surface area contributed by atoms with Crippen LogP contribution in [0.3, 0.4) is 0 Å². The van der Waals surface area contributed by atoms with E-state index >= 15 is 0 Å². The van der Waals surface area contributed by atoms with Gasteiger partial charge in [0.1, 0.15) is 0 Å². The number of thioether (sulfide) groups is 1. The first-order chi connectivity index (χ1) is 7.65. The van der Waals surface area contributed by atoms with Crippen molar-refractivity contribution >= 4 is 17.7 Å². The Bertz CT molecular complexity index is 337. The zero-order valence-electron chi connectivity index (χ0n) is 9.38. The molecular weight excluding hydrogens is 228 g/mol. The normalized spacial score (nSPS) is 12.4. The first kappa shape index (κ1) is 13.0. The van der Waals surface area contributed by atoms with Gasteiger partial charge in [0.25, 0.3) is 0 Å². The Morgan fingerprint density at radius 3 is 2.81 bits per heavy atom. The predicted molar refractivity (Wildman–Crippen MR) is 62.4 cm³/mol. The zero-order valence-corrected chi connectivity index (χ0v) is 10.2. The molecule has 1 aromatic heterocycles. The quantitative estimate of drug-likeness (QED) is 0.712. The van der Waals surface area contributed by atoms with Crippen molar-refractivity contribution in [2.75, 3.05) is 18.9 Å². The third-order valence-corrected chi connectivity index (χ3v) is 2.76. The number of ether oxygens (including phenoxy) is 1. The lowest BCUT2D eigenvalue weighted by atomic mass is 10.4. The van der Waals surface area contributed by atoms with E-state index in [1.165, 1.54) is 11.8 Å². The van der Waals surface area contributed by atoms with Crippen molar-refractivity contribution in [3.8, 4) is 6.01 Å². The van der Waals surface area contributed by atoms with Gasteiger partial charge in [0.05, 0.1) is 6.61 Å². The minimum Gasteiger partial charge on any atom is -0.464 e. The van der Waals surface area contributed by atoms with Crippen molar-refractivity contribution in [3.05, 3.63) is 0 Å². The Labute approximate surface area is 98.7 Å². The first-order valence-electron chi connectivity index (χ1n) is 5.07. The largest absolute Gasteiger partial charge is 0.464 e. The highest BCUT2D eigenvalue weighted by molar-refractivity contribution is 7.99. The van der Waals surface area contributed by atoms with E-state index in [4.69, 9.17) is 15.6 Å². The Kier molecular flexibility index (Phi) is 5.27. The Morgan fingerprint density at radius 2 is 2.19 bits per heavy atom. The topological polar surface area (TPSA) is 94.2 Å². The highest BCUT2D eigenvalue weighted by Crippen LogP contribution is 2.23. The molecule has 6 nitrogen and oxygen atoms in total. The van der Waals surface area contributed by atoms with E-state index in [9.17, 15) is 0 Å². The van der Waals surface area contributed by atoms with Crippen molar-refractivity contribution in [2.45, 2.75) is 30.7 Å². The average molecular weight is 244 g/mol. The van der Waals surface area contributed by atoms with Gasteiger partial charge in [-0.2, -0.15) is 15.0 Å². The van der Waals surface area contributed by atoms with Crippen LogP contribution in [0.4, 0.5) is 5.95 Å². The molecule has 0 aliphatic carbocycles. The molecule has 0 aliphatic rings. The molecular formula is C9H16N4O2S. The van der Waals surface area contributed by atoms with Crippen LogP contribution in [-0.2, 0) is 0 Å². The van der Waals surface area contributed by atoms with Crippen LogP contribution < -0.4 is 10.5 Å². The number of hydrogen-bond acceptors (Lipinski definition) is 7. The maximum atomic E-state index is 8.79. The minimum absolute atomic E-state index is 0.146. The summed E-state index contributed by atoms with van der Waals surface area (Å²) < 4.78 is 5.16. The molecule has 7 heteroatoms. The number of aliphatic hydroxyl groups is 1. The van der Waals surface area contributed by atoms with Gasteiger partial charge in [0.15, 0.2) is 5.16 Å². The molecule has 0 amide bonds. The molecule has 90 valence electrons. The summed E-state index contributed by atoms with van der Waals surface area (Å²) in [6, 6.07) is 0.244. The molecule has 1 atom stereocenters. The summed E-state index contributed by atoms with van der Waals surface area (Å²) in [7, 11) is 0. The molecule has 0 radical (unpaired) electrons. The molecule has 16 heavy (non-hydrogen) atoms. The fourth-order valence-electron chi connectivity index (χ4n) is 1.02. The van der Waals surface area contributed by atoms with E-state index in [-0.39, 0.29) is 23.8 Å². The fourth-order valence-corrected chi connectivity index (χ4v) is 1.88. The molecule has 0 aliphatic heterocycles. The molecule has 0 spiro atoms. The van der Waals surface area contributed by atoms with Gasteiger partial charge in [0.2, 0.25) is 5.95 Å². The highest BCUT2D eigenvalue weighted by atomic mass is 32.2. The summed E-state index contributed by atoms with van der Waals surface area (Å²) in [5.74, 6) is 0.150. The number of nitrogens with zero attached hydrogens (tertiary/aromatic N) is 3. The fraction of sp³-hybridized carbons (Fsp3) is 0.667. The minimum atomic E-state index is 0.146. The van der Waals surface area contributed by atoms with E-state index in [1.54, 1.807) is 0 Å². The summed E-state index contributed by atoms with van der Waals surface area (Å²) in [5, 5.41) is 9.54. The number of aromatic nitrogens is 3. The summed E-state index contributed by atoms with van der Waals surface area (Å²) in [4.78, 5) is 11.9. The van der Waals surface area contributed by atoms with Gasteiger partial charge in [-0.25, -0.2) is 0 Å². The van der Waals surface area contributed by atoms with Gasteiger partial charge >= 0.3 is 6.01 Å². The smallest absolute Gasteiger partial charge is 0.322 e. The predicted octanol–water partition coefficient (Wildman–Crippen LogP) is 0.716. The van der Waals surface area contributed by atoms with Gasteiger partial charge in [-0.05, 0) is 13.3 Å². The van der Waals surface area contributed by atoms with Crippen molar-refractivity contribution in [1.29, 1.82) is 0 Å². The number of aliphatic hydroxyl groups excluding tert-OH is 1. The van der Waals surface area contributed by atoms with Crippen LogP contribution in [-0.4, -0.2) is 38.5 Å². The van der Waals surface area contributed by atoms with Crippen LogP contribution >= 0.6 is 11.8 Å². The van der Waals surface area contributed by atoms with Gasteiger partial charge in [0, 0.05) is 11.9 Å². The lowest BCUT2D eigenvalue weighted by Gasteiger charge is -2.08. The second-order valence-corrected chi connectivity index (χ2v) is 4.54. The van der Waals surface area contributed by atoms with Gasteiger partial charge in [-0.1, -0.05) is 18.7 Å². The standard InChI is InChI=1S/C9H16N4O2S/c1-3-15-8-11-7(10)12-9(13-8)16-6(2)4-5-14/h6,14H,3-5H2,1-2H3,(H2,10,11,12,13). The van der Waals surface area contributed by atoms with Crippen LogP contribution in [0.1, 0.15) is 20.3 Å².